The molecule has 2 aromatic rings. The second-order valence-corrected chi connectivity index (χ2v) is 4.48. The van der Waals surface area contributed by atoms with Crippen molar-refractivity contribution in [1.82, 2.24) is 4.98 Å². The molecule has 1 aromatic carbocycles. The predicted molar refractivity (Wildman–Crippen MR) is 70.5 cm³/mol. The first-order valence-corrected chi connectivity index (χ1v) is 5.80. The van der Waals surface area contributed by atoms with E-state index in [1.807, 2.05) is 19.9 Å². The lowest BCUT2D eigenvalue weighted by molar-refractivity contribution is -0.383. The van der Waals surface area contributed by atoms with Gasteiger partial charge < -0.3 is 5.73 Å². The van der Waals surface area contributed by atoms with E-state index >= 15 is 0 Å². The van der Waals surface area contributed by atoms with Crippen molar-refractivity contribution >= 4 is 16.6 Å². The third-order valence-corrected chi connectivity index (χ3v) is 3.26. The summed E-state index contributed by atoms with van der Waals surface area (Å²) in [6.07, 6.45) is 1.57. The van der Waals surface area contributed by atoms with Gasteiger partial charge in [0.2, 0.25) is 0 Å². The van der Waals surface area contributed by atoms with Gasteiger partial charge in [0.15, 0.2) is 0 Å². The third kappa shape index (κ3) is 2.04. The summed E-state index contributed by atoms with van der Waals surface area (Å²) >= 11 is 0. The van der Waals surface area contributed by atoms with Crippen LogP contribution in [-0.4, -0.2) is 15.9 Å². The second kappa shape index (κ2) is 4.70. The van der Waals surface area contributed by atoms with Crippen LogP contribution in [0.15, 0.2) is 30.5 Å². The van der Waals surface area contributed by atoms with E-state index in [-0.39, 0.29) is 17.6 Å². The molecule has 0 amide bonds. The Bertz CT molecular complexity index is 596. The predicted octanol–water partition coefficient (Wildman–Crippen LogP) is 2.59. The molecule has 0 aliphatic rings. The number of pyridine rings is 1. The van der Waals surface area contributed by atoms with Crippen LogP contribution in [-0.2, 0) is 0 Å². The zero-order chi connectivity index (χ0) is 13.3. The summed E-state index contributed by atoms with van der Waals surface area (Å²) in [5, 5.41) is 11.8. The molecule has 18 heavy (non-hydrogen) atoms. The average Bonchev–Trinajstić information content (AvgIpc) is 2.36. The van der Waals surface area contributed by atoms with E-state index in [0.29, 0.717) is 5.52 Å². The Kier molecular flexibility index (Phi) is 3.25. The van der Waals surface area contributed by atoms with Gasteiger partial charge in [-0.15, -0.1) is 0 Å². The van der Waals surface area contributed by atoms with Crippen LogP contribution in [0.3, 0.4) is 0 Å². The Balaban J connectivity index is 2.72. The average molecular weight is 245 g/mol. The van der Waals surface area contributed by atoms with Crippen LogP contribution in [0.25, 0.3) is 10.9 Å². The van der Waals surface area contributed by atoms with Crippen LogP contribution in [0.2, 0.25) is 0 Å². The molecule has 0 aliphatic carbocycles. The van der Waals surface area contributed by atoms with Gasteiger partial charge in [-0.3, -0.25) is 10.1 Å². The maximum atomic E-state index is 11.0. The fourth-order valence-electron chi connectivity index (χ4n) is 2.01. The Morgan fingerprint density at radius 3 is 2.67 bits per heavy atom. The fraction of sp³-hybridized carbons (Fsp3) is 0.308. The Morgan fingerprint density at radius 1 is 1.33 bits per heavy atom. The van der Waals surface area contributed by atoms with Crippen LogP contribution in [0.1, 0.15) is 25.3 Å². The molecule has 94 valence electrons. The number of nitrogens with two attached hydrogens (primary N) is 1. The smallest absolute Gasteiger partial charge is 0.295 e. The van der Waals surface area contributed by atoms with E-state index in [4.69, 9.17) is 5.73 Å². The molecular formula is C13H15N3O2. The van der Waals surface area contributed by atoms with E-state index in [9.17, 15) is 10.1 Å². The van der Waals surface area contributed by atoms with Crippen molar-refractivity contribution in [2.24, 2.45) is 5.73 Å². The Morgan fingerprint density at radius 2 is 2.06 bits per heavy atom. The van der Waals surface area contributed by atoms with Gasteiger partial charge in [-0.25, -0.2) is 4.98 Å². The fourth-order valence-corrected chi connectivity index (χ4v) is 2.01. The van der Waals surface area contributed by atoms with Crippen molar-refractivity contribution in [3.8, 4) is 0 Å². The summed E-state index contributed by atoms with van der Waals surface area (Å²) in [4.78, 5) is 14.7. The van der Waals surface area contributed by atoms with Gasteiger partial charge in [-0.1, -0.05) is 19.1 Å². The van der Waals surface area contributed by atoms with E-state index in [1.165, 1.54) is 6.07 Å². The molecule has 2 unspecified atom stereocenters. The summed E-state index contributed by atoms with van der Waals surface area (Å²) in [6, 6.07) is 6.89. The first kappa shape index (κ1) is 12.4. The molecule has 5 heteroatoms. The highest BCUT2D eigenvalue weighted by Gasteiger charge is 2.19. The molecule has 2 atom stereocenters. The SMILES string of the molecule is CC(N)C(C)c1ccc([N+](=O)[O-])c2ncccc12. The van der Waals surface area contributed by atoms with Crippen molar-refractivity contribution in [3.05, 3.63) is 46.1 Å². The highest BCUT2D eigenvalue weighted by atomic mass is 16.6. The summed E-state index contributed by atoms with van der Waals surface area (Å²) in [5.41, 5.74) is 7.36. The minimum Gasteiger partial charge on any atom is -0.327 e. The molecule has 2 N–H and O–H groups in total. The molecule has 1 heterocycles. The van der Waals surface area contributed by atoms with Crippen LogP contribution in [0.5, 0.6) is 0 Å². The van der Waals surface area contributed by atoms with Crippen LogP contribution < -0.4 is 5.73 Å². The first-order chi connectivity index (χ1) is 8.52. The molecule has 5 nitrogen and oxygen atoms in total. The van der Waals surface area contributed by atoms with Crippen LogP contribution in [0, 0.1) is 10.1 Å². The van der Waals surface area contributed by atoms with E-state index in [0.717, 1.165) is 10.9 Å². The lowest BCUT2D eigenvalue weighted by Crippen LogP contribution is -2.22. The minimum absolute atomic E-state index is 0.0186. The summed E-state index contributed by atoms with van der Waals surface area (Å²) < 4.78 is 0. The van der Waals surface area contributed by atoms with Crippen molar-refractivity contribution < 1.29 is 4.92 Å². The number of hydrogen-bond acceptors (Lipinski definition) is 4. The number of rotatable bonds is 3. The molecule has 0 spiro atoms. The number of non-ortho nitro benzene ring substituents is 1. The highest BCUT2D eigenvalue weighted by Crippen LogP contribution is 2.31. The van der Waals surface area contributed by atoms with E-state index in [2.05, 4.69) is 4.98 Å². The van der Waals surface area contributed by atoms with Gasteiger partial charge in [-0.2, -0.15) is 0 Å². The van der Waals surface area contributed by atoms with Crippen molar-refractivity contribution in [2.45, 2.75) is 25.8 Å². The number of nitro groups is 1. The molecule has 1 aromatic heterocycles. The lowest BCUT2D eigenvalue weighted by Gasteiger charge is -2.17. The largest absolute Gasteiger partial charge is 0.327 e. The number of hydrogen-bond donors (Lipinski definition) is 1. The van der Waals surface area contributed by atoms with E-state index in [1.54, 1.807) is 18.3 Å². The first-order valence-electron chi connectivity index (χ1n) is 5.80. The normalized spacial score (nSPS) is 14.4. The summed E-state index contributed by atoms with van der Waals surface area (Å²) in [7, 11) is 0. The van der Waals surface area contributed by atoms with Gasteiger partial charge in [0.25, 0.3) is 5.69 Å². The maximum absolute atomic E-state index is 11.0. The van der Waals surface area contributed by atoms with Gasteiger partial charge in [0.05, 0.1) is 4.92 Å². The standard InChI is InChI=1S/C13H15N3O2/c1-8(9(2)14)10-5-6-12(16(17)18)13-11(10)4-3-7-15-13/h3-9H,14H2,1-2H3. The van der Waals surface area contributed by atoms with Crippen LogP contribution in [0.4, 0.5) is 5.69 Å². The maximum Gasteiger partial charge on any atom is 0.295 e. The number of nitrogens with zero attached hydrogens (tertiary/aromatic N) is 2. The summed E-state index contributed by atoms with van der Waals surface area (Å²) in [5.74, 6) is 0.123. The van der Waals surface area contributed by atoms with Gasteiger partial charge in [0.1, 0.15) is 5.52 Å². The number of fused-ring (bicyclic) bond motifs is 1. The van der Waals surface area contributed by atoms with Gasteiger partial charge in [-0.05, 0) is 24.5 Å². The van der Waals surface area contributed by atoms with Crippen molar-refractivity contribution in [1.29, 1.82) is 0 Å². The summed E-state index contributed by atoms with van der Waals surface area (Å²) in [6.45, 7) is 3.94. The minimum atomic E-state index is -0.407. The molecule has 0 bridgehead atoms. The Labute approximate surface area is 105 Å². The zero-order valence-electron chi connectivity index (χ0n) is 10.3. The molecule has 0 saturated carbocycles. The monoisotopic (exact) mass is 245 g/mol. The number of nitro benzene ring substituents is 1. The highest BCUT2D eigenvalue weighted by molar-refractivity contribution is 5.90. The number of benzene rings is 1. The molecule has 0 radical (unpaired) electrons. The van der Waals surface area contributed by atoms with Crippen LogP contribution >= 0.6 is 0 Å². The molecule has 0 aliphatic heterocycles. The number of aromatic nitrogens is 1. The van der Waals surface area contributed by atoms with Gasteiger partial charge >= 0.3 is 0 Å². The van der Waals surface area contributed by atoms with E-state index < -0.39 is 4.92 Å². The zero-order valence-corrected chi connectivity index (χ0v) is 10.3. The third-order valence-electron chi connectivity index (χ3n) is 3.26. The van der Waals surface area contributed by atoms with Gasteiger partial charge in [0, 0.05) is 23.7 Å². The molecular weight excluding hydrogens is 230 g/mol. The molecule has 0 saturated heterocycles. The molecule has 0 fully saturated rings. The Hall–Kier alpha value is -2.01. The lowest BCUT2D eigenvalue weighted by atomic mass is 9.91. The van der Waals surface area contributed by atoms with Crippen molar-refractivity contribution in [2.75, 3.05) is 0 Å². The topological polar surface area (TPSA) is 82.0 Å². The second-order valence-electron chi connectivity index (χ2n) is 4.48. The quantitative estimate of drug-likeness (QED) is 0.665. The molecule has 2 rings (SSSR count). The van der Waals surface area contributed by atoms with Crippen molar-refractivity contribution in [3.63, 3.8) is 0 Å².